The van der Waals surface area contributed by atoms with Crippen LogP contribution in [0.2, 0.25) is 0 Å². The molecule has 0 heterocycles. The number of phenols is 1. The van der Waals surface area contributed by atoms with E-state index in [9.17, 15) is 14.7 Å². The molecule has 1 aromatic rings. The summed E-state index contributed by atoms with van der Waals surface area (Å²) in [5.74, 6) is -1.45. The average Bonchev–Trinajstić information content (AvgIpc) is 2.41. The molecule has 0 unspecified atom stereocenters. The van der Waals surface area contributed by atoms with E-state index >= 15 is 0 Å². The summed E-state index contributed by atoms with van der Waals surface area (Å²) in [7, 11) is 0. The van der Waals surface area contributed by atoms with Crippen molar-refractivity contribution < 1.29 is 19.8 Å². The summed E-state index contributed by atoms with van der Waals surface area (Å²) in [6, 6.07) is 2.18. The van der Waals surface area contributed by atoms with Crippen LogP contribution in [0.5, 0.6) is 5.75 Å². The molecule has 3 N–H and O–H groups in total. The van der Waals surface area contributed by atoms with Gasteiger partial charge in [0.2, 0.25) is 0 Å². The van der Waals surface area contributed by atoms with Gasteiger partial charge in [-0.1, -0.05) is 41.5 Å². The predicted octanol–water partition coefficient (Wildman–Crippen LogP) is 3.10. The first kappa shape index (κ1) is 20.4. The minimum Gasteiger partial charge on any atom is -0.507 e. The molecule has 1 aromatic carbocycles. The van der Waals surface area contributed by atoms with Crippen molar-refractivity contribution in [2.75, 3.05) is 5.75 Å². The first-order valence-corrected chi connectivity index (χ1v) is 8.44. The van der Waals surface area contributed by atoms with Gasteiger partial charge in [-0.3, -0.25) is 4.79 Å². The van der Waals surface area contributed by atoms with Crippen molar-refractivity contribution in [2.45, 2.75) is 58.4 Å². The van der Waals surface area contributed by atoms with Gasteiger partial charge in [-0.2, -0.15) is 12.6 Å². The molecule has 5 nitrogen and oxygen atoms in total. The van der Waals surface area contributed by atoms with Crippen LogP contribution < -0.4 is 5.32 Å². The van der Waals surface area contributed by atoms with E-state index < -0.39 is 17.9 Å². The van der Waals surface area contributed by atoms with Crippen molar-refractivity contribution in [3.05, 3.63) is 28.8 Å². The van der Waals surface area contributed by atoms with Gasteiger partial charge < -0.3 is 15.5 Å². The fraction of sp³-hybridized carbons (Fsp3) is 0.556. The molecule has 0 aliphatic heterocycles. The van der Waals surface area contributed by atoms with Gasteiger partial charge in [-0.05, 0) is 23.0 Å². The Morgan fingerprint density at radius 3 is 1.79 bits per heavy atom. The largest absolute Gasteiger partial charge is 0.507 e. The topological polar surface area (TPSA) is 86.6 Å². The molecule has 0 radical (unpaired) electrons. The number of carbonyl (C=O) groups is 2. The average molecular weight is 353 g/mol. The van der Waals surface area contributed by atoms with E-state index in [4.69, 9.17) is 5.11 Å². The fourth-order valence-electron chi connectivity index (χ4n) is 2.34. The van der Waals surface area contributed by atoms with Crippen LogP contribution in [0.4, 0.5) is 0 Å². The number of carbonyl (C=O) groups excluding carboxylic acids is 1. The monoisotopic (exact) mass is 353 g/mol. The summed E-state index contributed by atoms with van der Waals surface area (Å²) < 4.78 is 0. The van der Waals surface area contributed by atoms with Crippen LogP contribution in [0.15, 0.2) is 12.1 Å². The molecule has 0 aliphatic carbocycles. The zero-order valence-electron chi connectivity index (χ0n) is 15.1. The Morgan fingerprint density at radius 2 is 1.50 bits per heavy atom. The quantitative estimate of drug-likeness (QED) is 0.627. The first-order chi connectivity index (χ1) is 10.8. The second-order valence-corrected chi connectivity index (χ2v) is 8.33. The third-order valence-electron chi connectivity index (χ3n) is 3.77. The number of rotatable bonds is 4. The molecular weight excluding hydrogens is 326 g/mol. The third-order valence-corrected chi connectivity index (χ3v) is 4.14. The van der Waals surface area contributed by atoms with E-state index in [0.717, 1.165) is 0 Å². The summed E-state index contributed by atoms with van der Waals surface area (Å²) in [6.07, 6.45) is 0. The molecule has 134 valence electrons. The standard InChI is InChI=1S/C18H27NO4S/c1-17(2,3)11-7-10(8-12(14(11)20)18(4,5)6)15(21)19-13(9-24)16(22)23/h7-8,13,20,24H,9H2,1-6H3,(H,19,21)(H,22,23)/t13-/m0/s1. The molecule has 1 amide bonds. The maximum absolute atomic E-state index is 12.5. The third kappa shape index (κ3) is 4.66. The van der Waals surface area contributed by atoms with Crippen molar-refractivity contribution in [2.24, 2.45) is 0 Å². The van der Waals surface area contributed by atoms with Gasteiger partial charge in [0.15, 0.2) is 0 Å². The van der Waals surface area contributed by atoms with Gasteiger partial charge in [0.1, 0.15) is 11.8 Å². The molecule has 1 rings (SSSR count). The molecule has 6 heteroatoms. The maximum atomic E-state index is 12.5. The summed E-state index contributed by atoms with van der Waals surface area (Å²) in [4.78, 5) is 23.6. The number of aromatic hydroxyl groups is 1. The smallest absolute Gasteiger partial charge is 0.327 e. The van der Waals surface area contributed by atoms with Crippen molar-refractivity contribution in [3.8, 4) is 5.75 Å². The number of hydrogen-bond acceptors (Lipinski definition) is 4. The van der Waals surface area contributed by atoms with Gasteiger partial charge >= 0.3 is 5.97 Å². The molecule has 24 heavy (non-hydrogen) atoms. The number of aliphatic carboxylic acids is 1. The van der Waals surface area contributed by atoms with Crippen LogP contribution in [-0.2, 0) is 15.6 Å². The first-order valence-electron chi connectivity index (χ1n) is 7.81. The van der Waals surface area contributed by atoms with Crippen LogP contribution in [0.25, 0.3) is 0 Å². The number of carboxylic acids is 1. The minimum absolute atomic E-state index is 0.00257. The van der Waals surface area contributed by atoms with E-state index in [-0.39, 0.29) is 22.3 Å². The van der Waals surface area contributed by atoms with Gasteiger partial charge in [0, 0.05) is 22.4 Å². The van der Waals surface area contributed by atoms with Crippen molar-refractivity contribution in [3.63, 3.8) is 0 Å². The van der Waals surface area contributed by atoms with E-state index in [1.807, 2.05) is 41.5 Å². The number of benzene rings is 1. The van der Waals surface area contributed by atoms with Crippen molar-refractivity contribution in [1.29, 1.82) is 0 Å². The van der Waals surface area contributed by atoms with Gasteiger partial charge in [-0.25, -0.2) is 4.79 Å². The van der Waals surface area contributed by atoms with Gasteiger partial charge in [-0.15, -0.1) is 0 Å². The number of amides is 1. The Hall–Kier alpha value is -1.69. The lowest BCUT2D eigenvalue weighted by molar-refractivity contribution is -0.138. The zero-order valence-corrected chi connectivity index (χ0v) is 16.0. The van der Waals surface area contributed by atoms with Crippen LogP contribution in [0.3, 0.4) is 0 Å². The second kappa shape index (κ2) is 7.05. The summed E-state index contributed by atoms with van der Waals surface area (Å²) in [6.45, 7) is 11.7. The minimum atomic E-state index is -1.13. The highest BCUT2D eigenvalue weighted by molar-refractivity contribution is 7.80. The number of thiol groups is 1. The Morgan fingerprint density at radius 1 is 1.08 bits per heavy atom. The van der Waals surface area contributed by atoms with E-state index in [0.29, 0.717) is 16.7 Å². The normalized spacial score (nSPS) is 13.5. The van der Waals surface area contributed by atoms with E-state index in [1.54, 1.807) is 12.1 Å². The molecule has 0 fully saturated rings. The summed E-state index contributed by atoms with van der Waals surface area (Å²) >= 11 is 3.96. The maximum Gasteiger partial charge on any atom is 0.327 e. The van der Waals surface area contributed by atoms with Crippen molar-refractivity contribution >= 4 is 24.5 Å². The Kier molecular flexibility index (Phi) is 5.98. The van der Waals surface area contributed by atoms with Crippen LogP contribution in [0, 0.1) is 0 Å². The van der Waals surface area contributed by atoms with Crippen molar-refractivity contribution in [1.82, 2.24) is 5.32 Å². The lowest BCUT2D eigenvalue weighted by atomic mass is 9.78. The molecule has 0 bridgehead atoms. The zero-order chi connectivity index (χ0) is 18.9. The highest BCUT2D eigenvalue weighted by Crippen LogP contribution is 2.39. The molecular formula is C18H27NO4S. The second-order valence-electron chi connectivity index (χ2n) is 7.97. The summed E-state index contributed by atoms with van der Waals surface area (Å²) in [5, 5.41) is 22.2. The number of hydrogen-bond donors (Lipinski definition) is 4. The van der Waals surface area contributed by atoms with Gasteiger partial charge in [0.05, 0.1) is 0 Å². The fourth-order valence-corrected chi connectivity index (χ4v) is 2.58. The summed E-state index contributed by atoms with van der Waals surface area (Å²) in [5.41, 5.74) is 0.901. The Labute approximate surface area is 148 Å². The number of nitrogens with one attached hydrogen (secondary N) is 1. The van der Waals surface area contributed by atoms with Crippen LogP contribution >= 0.6 is 12.6 Å². The molecule has 0 saturated heterocycles. The lowest BCUT2D eigenvalue weighted by Crippen LogP contribution is -2.42. The number of phenolic OH excluding ortho intramolecular Hbond substituents is 1. The predicted molar refractivity (Wildman–Crippen MR) is 98.2 cm³/mol. The lowest BCUT2D eigenvalue weighted by Gasteiger charge is -2.28. The van der Waals surface area contributed by atoms with E-state index in [1.165, 1.54) is 0 Å². The molecule has 0 spiro atoms. The highest BCUT2D eigenvalue weighted by atomic mass is 32.1. The molecule has 0 aromatic heterocycles. The Balaban J connectivity index is 3.44. The van der Waals surface area contributed by atoms with Crippen LogP contribution in [0.1, 0.15) is 63.0 Å². The molecule has 0 saturated carbocycles. The highest BCUT2D eigenvalue weighted by Gasteiger charge is 2.28. The Bertz CT molecular complexity index is 606. The van der Waals surface area contributed by atoms with Gasteiger partial charge in [0.25, 0.3) is 5.91 Å². The van der Waals surface area contributed by atoms with Crippen LogP contribution in [-0.4, -0.2) is 33.9 Å². The molecule has 1 atom stereocenters. The van der Waals surface area contributed by atoms with E-state index in [2.05, 4.69) is 17.9 Å². The number of carboxylic acid groups (broad SMARTS) is 1. The molecule has 0 aliphatic rings. The SMILES string of the molecule is CC(C)(C)c1cc(C(=O)N[C@@H](CS)C(=O)O)cc(C(C)(C)C)c1O.